The molecular weight excluding hydrogens is 360 g/mol. The van der Waals surface area contributed by atoms with Crippen LogP contribution < -0.4 is 5.73 Å². The van der Waals surface area contributed by atoms with Gasteiger partial charge >= 0.3 is 0 Å². The molecule has 0 aliphatic rings. The fraction of sp³-hybridized carbons (Fsp3) is 0.167. The maximum Gasteiger partial charge on any atom is 0.127 e. The van der Waals surface area contributed by atoms with Crippen molar-refractivity contribution in [3.63, 3.8) is 0 Å². The predicted molar refractivity (Wildman–Crippen MR) is 79.1 cm³/mol. The van der Waals surface area contributed by atoms with Gasteiger partial charge in [-0.1, -0.05) is 29.3 Å². The molecule has 18 heavy (non-hydrogen) atoms. The molecule has 1 unspecified atom stereocenters. The molecule has 2 N–H and O–H groups in total. The van der Waals surface area contributed by atoms with Gasteiger partial charge in [0.05, 0.1) is 8.81 Å². The van der Waals surface area contributed by atoms with Crippen LogP contribution in [0.5, 0.6) is 0 Å². The fourth-order valence-electron chi connectivity index (χ4n) is 1.59. The molecule has 0 fully saturated rings. The fourth-order valence-corrected chi connectivity index (χ4v) is 3.58. The second kappa shape index (κ2) is 5.88. The van der Waals surface area contributed by atoms with E-state index in [1.54, 1.807) is 18.2 Å². The molecule has 0 amide bonds. The Bertz CT molecular complexity index is 533. The summed E-state index contributed by atoms with van der Waals surface area (Å²) in [7, 11) is 0. The number of hydrogen-bond donors (Lipinski definition) is 1. The van der Waals surface area contributed by atoms with Crippen LogP contribution in [0.2, 0.25) is 10.0 Å². The minimum Gasteiger partial charge on any atom is -0.323 e. The van der Waals surface area contributed by atoms with Crippen LogP contribution >= 0.6 is 50.5 Å². The van der Waals surface area contributed by atoms with Crippen molar-refractivity contribution in [2.75, 3.05) is 0 Å². The molecule has 0 spiro atoms. The average molecular weight is 369 g/mol. The Hall–Kier alpha value is -0.130. The smallest absolute Gasteiger partial charge is 0.127 e. The minimum atomic E-state index is -0.334. The van der Waals surface area contributed by atoms with E-state index in [2.05, 4.69) is 15.9 Å². The van der Waals surface area contributed by atoms with E-state index in [1.165, 1.54) is 17.4 Å². The van der Waals surface area contributed by atoms with Gasteiger partial charge in [0.25, 0.3) is 0 Å². The zero-order valence-corrected chi connectivity index (χ0v) is 13.0. The summed E-state index contributed by atoms with van der Waals surface area (Å²) >= 11 is 16.7. The van der Waals surface area contributed by atoms with Crippen molar-refractivity contribution in [1.82, 2.24) is 0 Å². The number of rotatable bonds is 3. The summed E-state index contributed by atoms with van der Waals surface area (Å²) in [4.78, 5) is 0.895. The summed E-state index contributed by atoms with van der Waals surface area (Å²) in [5, 5.41) is 1.01. The molecule has 96 valence electrons. The molecule has 2 aromatic rings. The van der Waals surface area contributed by atoms with Crippen LogP contribution in [0.15, 0.2) is 28.1 Å². The third-order valence-corrected chi connectivity index (χ3v) is 5.48. The van der Waals surface area contributed by atoms with Gasteiger partial charge in [-0.2, -0.15) is 0 Å². The third kappa shape index (κ3) is 3.06. The molecular formula is C12H9BrCl2FNS. The van der Waals surface area contributed by atoms with Crippen molar-refractivity contribution in [1.29, 1.82) is 0 Å². The zero-order valence-electron chi connectivity index (χ0n) is 9.09. The molecule has 0 radical (unpaired) electrons. The summed E-state index contributed by atoms with van der Waals surface area (Å²) < 4.78 is 14.5. The van der Waals surface area contributed by atoms with Crippen LogP contribution in [-0.2, 0) is 6.42 Å². The number of benzene rings is 1. The number of nitrogens with two attached hydrogens (primary N) is 1. The summed E-state index contributed by atoms with van der Waals surface area (Å²) in [5.41, 5.74) is 6.49. The summed E-state index contributed by atoms with van der Waals surface area (Å²) in [6, 6.07) is 6.07. The highest BCUT2D eigenvalue weighted by molar-refractivity contribution is 9.11. The lowest BCUT2D eigenvalue weighted by molar-refractivity contribution is 0.595. The minimum absolute atomic E-state index is 0.326. The molecule has 0 bridgehead atoms. The van der Waals surface area contributed by atoms with Gasteiger partial charge in [0.2, 0.25) is 0 Å². The molecule has 0 saturated heterocycles. The lowest BCUT2D eigenvalue weighted by Gasteiger charge is -2.11. The predicted octanol–water partition coefficient (Wildman–Crippen LogP) is 5.20. The number of hydrogen-bond acceptors (Lipinski definition) is 2. The standard InChI is InChI=1S/C12H9BrCl2FNS/c13-12-8(15)5-11(18-12)10(17)4-6-7(14)2-1-3-9(6)16/h1-3,5,10H,4,17H2. The zero-order chi connectivity index (χ0) is 13.3. The Morgan fingerprint density at radius 1 is 1.33 bits per heavy atom. The van der Waals surface area contributed by atoms with E-state index in [1.807, 2.05) is 0 Å². The first kappa shape index (κ1) is 14.3. The Labute approximate surface area is 127 Å². The largest absolute Gasteiger partial charge is 0.323 e. The van der Waals surface area contributed by atoms with Crippen molar-refractivity contribution in [2.24, 2.45) is 5.73 Å². The first-order chi connectivity index (χ1) is 8.49. The van der Waals surface area contributed by atoms with Crippen LogP contribution in [0.1, 0.15) is 16.5 Å². The Morgan fingerprint density at radius 3 is 2.61 bits per heavy atom. The molecule has 0 saturated carbocycles. The van der Waals surface area contributed by atoms with Gasteiger partial charge in [0, 0.05) is 21.5 Å². The van der Waals surface area contributed by atoms with Crippen LogP contribution in [0, 0.1) is 5.82 Å². The lowest BCUT2D eigenvalue weighted by atomic mass is 10.0. The van der Waals surface area contributed by atoms with E-state index in [-0.39, 0.29) is 11.9 Å². The van der Waals surface area contributed by atoms with Gasteiger partial charge < -0.3 is 5.73 Å². The van der Waals surface area contributed by atoms with Crippen molar-refractivity contribution >= 4 is 50.5 Å². The molecule has 2 rings (SSSR count). The summed E-state index contributed by atoms with van der Waals surface area (Å²) in [5.74, 6) is -0.334. The summed E-state index contributed by atoms with van der Waals surface area (Å²) in [6.45, 7) is 0. The normalized spacial score (nSPS) is 12.7. The second-order valence-electron chi connectivity index (χ2n) is 3.78. The highest BCUT2D eigenvalue weighted by Crippen LogP contribution is 2.36. The van der Waals surface area contributed by atoms with Crippen LogP contribution in [0.3, 0.4) is 0 Å². The van der Waals surface area contributed by atoms with E-state index in [9.17, 15) is 4.39 Å². The van der Waals surface area contributed by atoms with Crippen molar-refractivity contribution in [3.8, 4) is 0 Å². The van der Waals surface area contributed by atoms with E-state index in [4.69, 9.17) is 28.9 Å². The Balaban J connectivity index is 2.23. The van der Waals surface area contributed by atoms with Gasteiger partial charge in [-0.3, -0.25) is 0 Å². The average Bonchev–Trinajstić information content (AvgIpc) is 2.64. The van der Waals surface area contributed by atoms with E-state index < -0.39 is 0 Å². The number of halogens is 4. The topological polar surface area (TPSA) is 26.0 Å². The van der Waals surface area contributed by atoms with Crippen LogP contribution in [-0.4, -0.2) is 0 Å². The highest BCUT2D eigenvalue weighted by Gasteiger charge is 2.16. The number of thiophene rings is 1. The van der Waals surface area contributed by atoms with Gasteiger partial charge in [-0.25, -0.2) is 4.39 Å². The SMILES string of the molecule is NC(Cc1c(F)cccc1Cl)c1cc(Cl)c(Br)s1. The van der Waals surface area contributed by atoms with Crippen LogP contribution in [0.25, 0.3) is 0 Å². The van der Waals surface area contributed by atoms with Crippen molar-refractivity contribution < 1.29 is 4.39 Å². The maximum atomic E-state index is 13.6. The molecule has 0 aliphatic carbocycles. The van der Waals surface area contributed by atoms with E-state index in [0.29, 0.717) is 22.0 Å². The molecule has 6 heteroatoms. The first-order valence-corrected chi connectivity index (χ1v) is 7.48. The first-order valence-electron chi connectivity index (χ1n) is 5.12. The van der Waals surface area contributed by atoms with E-state index >= 15 is 0 Å². The van der Waals surface area contributed by atoms with E-state index in [0.717, 1.165) is 8.66 Å². The lowest BCUT2D eigenvalue weighted by Crippen LogP contribution is -2.13. The Kier molecular flexibility index (Phi) is 4.67. The van der Waals surface area contributed by atoms with Gasteiger partial charge in [-0.05, 0) is 40.5 Å². The monoisotopic (exact) mass is 367 g/mol. The Morgan fingerprint density at radius 2 is 2.06 bits per heavy atom. The quantitative estimate of drug-likeness (QED) is 0.791. The van der Waals surface area contributed by atoms with Crippen LogP contribution in [0.4, 0.5) is 4.39 Å². The highest BCUT2D eigenvalue weighted by atomic mass is 79.9. The van der Waals surface area contributed by atoms with Crippen molar-refractivity contribution in [2.45, 2.75) is 12.5 Å². The maximum absolute atomic E-state index is 13.6. The molecule has 0 aliphatic heterocycles. The van der Waals surface area contributed by atoms with Gasteiger partial charge in [0.1, 0.15) is 5.82 Å². The van der Waals surface area contributed by atoms with Gasteiger partial charge in [0.15, 0.2) is 0 Å². The molecule has 1 heterocycles. The molecule has 1 nitrogen and oxygen atoms in total. The van der Waals surface area contributed by atoms with Crippen molar-refractivity contribution in [3.05, 3.63) is 54.4 Å². The third-order valence-electron chi connectivity index (χ3n) is 2.52. The molecule has 1 aromatic heterocycles. The second-order valence-corrected chi connectivity index (χ2v) is 7.00. The summed E-state index contributed by atoms with van der Waals surface area (Å²) in [6.07, 6.45) is 0.342. The molecule has 1 aromatic carbocycles. The van der Waals surface area contributed by atoms with Gasteiger partial charge in [-0.15, -0.1) is 11.3 Å². The molecule has 1 atom stereocenters.